The van der Waals surface area contributed by atoms with Crippen LogP contribution in [0.2, 0.25) is 0 Å². The van der Waals surface area contributed by atoms with Crippen molar-refractivity contribution in [1.82, 2.24) is 10.3 Å². The third-order valence-electron chi connectivity index (χ3n) is 2.00. The van der Waals surface area contributed by atoms with Gasteiger partial charge in [-0.15, -0.1) is 0 Å². The maximum atomic E-state index is 11.7. The van der Waals surface area contributed by atoms with E-state index < -0.39 is 0 Å². The Hall–Kier alpha value is -1.62. The van der Waals surface area contributed by atoms with Gasteiger partial charge in [0.1, 0.15) is 0 Å². The van der Waals surface area contributed by atoms with E-state index in [0.717, 1.165) is 0 Å². The molecule has 0 fully saturated rings. The summed E-state index contributed by atoms with van der Waals surface area (Å²) in [5.41, 5.74) is 6.28. The molecule has 1 amide bonds. The second-order valence-corrected chi connectivity index (χ2v) is 3.48. The number of amides is 1. The summed E-state index contributed by atoms with van der Waals surface area (Å²) in [5.74, 6) is -0.273. The van der Waals surface area contributed by atoms with Crippen molar-refractivity contribution in [3.63, 3.8) is 0 Å². The van der Waals surface area contributed by atoms with E-state index in [1.807, 2.05) is 13.8 Å². The summed E-state index contributed by atoms with van der Waals surface area (Å²) in [6, 6.07) is 3.28. The van der Waals surface area contributed by atoms with E-state index in [4.69, 9.17) is 10.5 Å². The first-order valence-electron chi connectivity index (χ1n) is 5.24. The van der Waals surface area contributed by atoms with Crippen LogP contribution in [-0.2, 0) is 4.74 Å². The molecule has 0 aromatic carbocycles. The lowest BCUT2D eigenvalue weighted by atomic mass is 10.2. The Balaban J connectivity index is 2.56. The molecule has 1 unspecified atom stereocenters. The minimum atomic E-state index is -0.273. The van der Waals surface area contributed by atoms with Crippen molar-refractivity contribution in [2.75, 3.05) is 18.9 Å². The molecule has 1 aromatic heterocycles. The Morgan fingerprint density at radius 3 is 3.06 bits per heavy atom. The fraction of sp³-hybridized carbons (Fsp3) is 0.455. The van der Waals surface area contributed by atoms with Crippen LogP contribution < -0.4 is 11.1 Å². The summed E-state index contributed by atoms with van der Waals surface area (Å²) < 4.78 is 5.20. The Bertz CT molecular complexity index is 355. The molecule has 1 heterocycles. The van der Waals surface area contributed by atoms with Gasteiger partial charge < -0.3 is 15.8 Å². The first-order valence-corrected chi connectivity index (χ1v) is 5.24. The molecule has 0 bridgehead atoms. The molecule has 3 N–H and O–H groups in total. The molecule has 88 valence electrons. The molecule has 16 heavy (non-hydrogen) atoms. The van der Waals surface area contributed by atoms with Crippen LogP contribution in [0.4, 0.5) is 5.69 Å². The number of ether oxygens (including phenoxy) is 1. The minimum Gasteiger partial charge on any atom is -0.397 e. The van der Waals surface area contributed by atoms with Crippen LogP contribution in [0.25, 0.3) is 0 Å². The topological polar surface area (TPSA) is 77.2 Å². The zero-order chi connectivity index (χ0) is 12.0. The van der Waals surface area contributed by atoms with Gasteiger partial charge in [-0.3, -0.25) is 4.79 Å². The monoisotopic (exact) mass is 223 g/mol. The van der Waals surface area contributed by atoms with Crippen LogP contribution in [0, 0.1) is 0 Å². The first-order chi connectivity index (χ1) is 7.65. The maximum Gasteiger partial charge on any atom is 0.272 e. The predicted molar refractivity (Wildman–Crippen MR) is 62.1 cm³/mol. The second kappa shape index (κ2) is 6.07. The van der Waals surface area contributed by atoms with Crippen LogP contribution in [-0.4, -0.2) is 30.1 Å². The van der Waals surface area contributed by atoms with Crippen molar-refractivity contribution in [2.24, 2.45) is 0 Å². The SMILES string of the molecule is CCOCC(C)NC(=O)c1ncccc1N. The second-order valence-electron chi connectivity index (χ2n) is 3.48. The third kappa shape index (κ3) is 3.51. The van der Waals surface area contributed by atoms with E-state index in [1.54, 1.807) is 18.3 Å². The van der Waals surface area contributed by atoms with Gasteiger partial charge in [0.15, 0.2) is 5.69 Å². The summed E-state index contributed by atoms with van der Waals surface area (Å²) in [6.07, 6.45) is 1.54. The fourth-order valence-corrected chi connectivity index (χ4v) is 1.24. The van der Waals surface area contributed by atoms with Crippen LogP contribution in [0.5, 0.6) is 0 Å². The van der Waals surface area contributed by atoms with E-state index in [0.29, 0.717) is 18.9 Å². The number of hydrogen-bond donors (Lipinski definition) is 2. The van der Waals surface area contributed by atoms with Crippen molar-refractivity contribution >= 4 is 11.6 Å². The van der Waals surface area contributed by atoms with E-state index in [-0.39, 0.29) is 17.6 Å². The van der Waals surface area contributed by atoms with Gasteiger partial charge in [-0.05, 0) is 26.0 Å². The van der Waals surface area contributed by atoms with E-state index >= 15 is 0 Å². The van der Waals surface area contributed by atoms with Crippen LogP contribution in [0.15, 0.2) is 18.3 Å². The van der Waals surface area contributed by atoms with Gasteiger partial charge in [0.25, 0.3) is 5.91 Å². The predicted octanol–water partition coefficient (Wildman–Crippen LogP) is 0.819. The van der Waals surface area contributed by atoms with E-state index in [9.17, 15) is 4.79 Å². The molecule has 0 aliphatic rings. The van der Waals surface area contributed by atoms with Gasteiger partial charge in [0, 0.05) is 18.8 Å². The van der Waals surface area contributed by atoms with Crippen molar-refractivity contribution in [2.45, 2.75) is 19.9 Å². The molecule has 0 saturated heterocycles. The fourth-order valence-electron chi connectivity index (χ4n) is 1.24. The van der Waals surface area contributed by atoms with Gasteiger partial charge >= 0.3 is 0 Å². The quantitative estimate of drug-likeness (QED) is 0.774. The van der Waals surface area contributed by atoms with E-state index in [1.165, 1.54) is 0 Å². The number of aromatic nitrogens is 1. The standard InChI is InChI=1S/C11H17N3O2/c1-3-16-7-8(2)14-11(15)10-9(12)5-4-6-13-10/h4-6,8H,3,7,12H2,1-2H3,(H,14,15). The lowest BCUT2D eigenvalue weighted by molar-refractivity contribution is 0.0868. The number of rotatable bonds is 5. The molecule has 0 spiro atoms. The highest BCUT2D eigenvalue weighted by atomic mass is 16.5. The minimum absolute atomic E-state index is 0.0612. The zero-order valence-corrected chi connectivity index (χ0v) is 9.56. The number of nitrogen functional groups attached to an aromatic ring is 1. The number of nitrogens with two attached hydrogens (primary N) is 1. The number of pyridine rings is 1. The molecule has 5 nitrogen and oxygen atoms in total. The largest absolute Gasteiger partial charge is 0.397 e. The number of nitrogens with zero attached hydrogens (tertiary/aromatic N) is 1. The highest BCUT2D eigenvalue weighted by molar-refractivity contribution is 5.97. The van der Waals surface area contributed by atoms with Crippen LogP contribution in [0.1, 0.15) is 24.3 Å². The van der Waals surface area contributed by atoms with Crippen molar-refractivity contribution in [3.8, 4) is 0 Å². The van der Waals surface area contributed by atoms with Crippen LogP contribution >= 0.6 is 0 Å². The normalized spacial score (nSPS) is 12.1. The zero-order valence-electron chi connectivity index (χ0n) is 9.56. The van der Waals surface area contributed by atoms with Crippen molar-refractivity contribution in [1.29, 1.82) is 0 Å². The summed E-state index contributed by atoms with van der Waals surface area (Å²) in [6.45, 7) is 4.89. The summed E-state index contributed by atoms with van der Waals surface area (Å²) in [7, 11) is 0. The molecule has 1 aromatic rings. The number of anilines is 1. The van der Waals surface area contributed by atoms with Gasteiger partial charge in [0.2, 0.25) is 0 Å². The Labute approximate surface area is 95.0 Å². The maximum absolute atomic E-state index is 11.7. The number of carbonyl (C=O) groups is 1. The van der Waals surface area contributed by atoms with E-state index in [2.05, 4.69) is 10.3 Å². The molecule has 0 aliphatic heterocycles. The Kier molecular flexibility index (Phi) is 4.72. The number of hydrogen-bond acceptors (Lipinski definition) is 4. The molecule has 0 radical (unpaired) electrons. The summed E-state index contributed by atoms with van der Waals surface area (Å²) >= 11 is 0. The van der Waals surface area contributed by atoms with Crippen molar-refractivity contribution < 1.29 is 9.53 Å². The summed E-state index contributed by atoms with van der Waals surface area (Å²) in [4.78, 5) is 15.7. The Morgan fingerprint density at radius 2 is 2.44 bits per heavy atom. The third-order valence-corrected chi connectivity index (χ3v) is 2.00. The highest BCUT2D eigenvalue weighted by Gasteiger charge is 2.13. The lowest BCUT2D eigenvalue weighted by Gasteiger charge is -2.13. The molecule has 0 aliphatic carbocycles. The van der Waals surface area contributed by atoms with Crippen LogP contribution in [0.3, 0.4) is 0 Å². The molecule has 5 heteroatoms. The number of nitrogens with one attached hydrogen (secondary N) is 1. The molecule has 0 saturated carbocycles. The first kappa shape index (κ1) is 12.4. The Morgan fingerprint density at radius 1 is 1.69 bits per heavy atom. The highest BCUT2D eigenvalue weighted by Crippen LogP contribution is 2.06. The molecule has 1 rings (SSSR count). The van der Waals surface area contributed by atoms with Gasteiger partial charge in [-0.1, -0.05) is 0 Å². The molecule has 1 atom stereocenters. The number of carbonyl (C=O) groups excluding carboxylic acids is 1. The smallest absolute Gasteiger partial charge is 0.272 e. The molecular formula is C11H17N3O2. The van der Waals surface area contributed by atoms with Gasteiger partial charge in [0.05, 0.1) is 12.3 Å². The summed E-state index contributed by atoms with van der Waals surface area (Å²) in [5, 5.41) is 2.77. The lowest BCUT2D eigenvalue weighted by Crippen LogP contribution is -2.36. The molecular weight excluding hydrogens is 206 g/mol. The van der Waals surface area contributed by atoms with Crippen molar-refractivity contribution in [3.05, 3.63) is 24.0 Å². The average Bonchev–Trinajstić information content (AvgIpc) is 2.26. The van der Waals surface area contributed by atoms with Gasteiger partial charge in [-0.25, -0.2) is 4.98 Å². The average molecular weight is 223 g/mol. The van der Waals surface area contributed by atoms with Gasteiger partial charge in [-0.2, -0.15) is 0 Å².